The number of allylic oxidation sites excluding steroid dienone is 1. The Morgan fingerprint density at radius 3 is 1.48 bits per heavy atom. The summed E-state index contributed by atoms with van der Waals surface area (Å²) in [5.74, 6) is -3.01. The summed E-state index contributed by atoms with van der Waals surface area (Å²) in [5, 5.41) is 0. The van der Waals surface area contributed by atoms with Crippen LogP contribution in [0.25, 0.3) is 0 Å². The van der Waals surface area contributed by atoms with Crippen molar-refractivity contribution in [3.8, 4) is 0 Å². The molecule has 0 aliphatic heterocycles. The highest BCUT2D eigenvalue weighted by atomic mass is 16.7. The van der Waals surface area contributed by atoms with E-state index in [2.05, 4.69) is 0 Å². The smallest absolute Gasteiger partial charge is 0.330 e. The van der Waals surface area contributed by atoms with Crippen molar-refractivity contribution in [1.82, 2.24) is 0 Å². The largest absolute Gasteiger partial charge is 0.425 e. The van der Waals surface area contributed by atoms with E-state index in [4.69, 9.17) is 18.9 Å². The van der Waals surface area contributed by atoms with E-state index in [-0.39, 0.29) is 12.8 Å². The minimum absolute atomic E-state index is 0.121. The van der Waals surface area contributed by atoms with Crippen molar-refractivity contribution in [2.24, 2.45) is 5.41 Å². The van der Waals surface area contributed by atoms with Crippen LogP contribution in [0.2, 0.25) is 0 Å². The molecule has 2 atom stereocenters. The Morgan fingerprint density at radius 2 is 1.20 bits per heavy atom. The van der Waals surface area contributed by atoms with E-state index in [1.54, 1.807) is 20.8 Å². The molecular formula is C17H26O8. The molecule has 0 amide bonds. The standard InChI is InChI=1S/C17H26O8/c1-7-10-17(6,15(20)24-11(4)22-13(18)8-2)16(21)25-12(5)23-14(19)9-3/h7,10-12H,8-9H2,1-6H3. The van der Waals surface area contributed by atoms with Gasteiger partial charge in [-0.05, 0) is 13.8 Å². The molecule has 0 saturated carbocycles. The molecule has 0 aromatic carbocycles. The van der Waals surface area contributed by atoms with Gasteiger partial charge in [-0.15, -0.1) is 0 Å². The van der Waals surface area contributed by atoms with Gasteiger partial charge < -0.3 is 18.9 Å². The maximum Gasteiger partial charge on any atom is 0.330 e. The molecule has 0 heterocycles. The third kappa shape index (κ3) is 7.36. The van der Waals surface area contributed by atoms with Crippen LogP contribution in [0.3, 0.4) is 0 Å². The summed E-state index contributed by atoms with van der Waals surface area (Å²) in [7, 11) is 0. The molecule has 142 valence electrons. The van der Waals surface area contributed by atoms with Crippen molar-refractivity contribution in [2.45, 2.75) is 67.0 Å². The normalized spacial score (nSPS) is 15.6. The fourth-order valence-corrected chi connectivity index (χ4v) is 1.68. The lowest BCUT2D eigenvalue weighted by molar-refractivity contribution is -0.200. The van der Waals surface area contributed by atoms with Crippen molar-refractivity contribution < 1.29 is 38.1 Å². The minimum atomic E-state index is -1.78. The van der Waals surface area contributed by atoms with Gasteiger partial charge in [0.1, 0.15) is 0 Å². The van der Waals surface area contributed by atoms with E-state index < -0.39 is 41.9 Å². The molecule has 0 radical (unpaired) electrons. The molecule has 0 spiro atoms. The average molecular weight is 358 g/mol. The van der Waals surface area contributed by atoms with Crippen molar-refractivity contribution in [2.75, 3.05) is 0 Å². The molecule has 0 rings (SSSR count). The van der Waals surface area contributed by atoms with E-state index in [1.807, 2.05) is 0 Å². The van der Waals surface area contributed by atoms with Crippen LogP contribution in [0.5, 0.6) is 0 Å². The molecule has 0 aliphatic rings. The van der Waals surface area contributed by atoms with Gasteiger partial charge >= 0.3 is 23.9 Å². The van der Waals surface area contributed by atoms with Gasteiger partial charge in [0.05, 0.1) is 0 Å². The number of carbonyl (C=O) groups excluding carboxylic acids is 4. The number of rotatable bonds is 9. The zero-order valence-electron chi connectivity index (χ0n) is 15.5. The van der Waals surface area contributed by atoms with Crippen molar-refractivity contribution in [3.05, 3.63) is 12.2 Å². The maximum absolute atomic E-state index is 12.4. The third-order valence-corrected chi connectivity index (χ3v) is 3.07. The van der Waals surface area contributed by atoms with E-state index in [0.717, 1.165) is 0 Å². The highest BCUT2D eigenvalue weighted by molar-refractivity contribution is 6.02. The monoisotopic (exact) mass is 358 g/mol. The second kappa shape index (κ2) is 10.5. The number of hydrogen-bond donors (Lipinski definition) is 0. The molecule has 0 aliphatic carbocycles. The number of ether oxygens (including phenoxy) is 4. The average Bonchev–Trinajstić information content (AvgIpc) is 2.53. The quantitative estimate of drug-likeness (QED) is 0.267. The predicted molar refractivity (Wildman–Crippen MR) is 86.8 cm³/mol. The number of esters is 4. The lowest BCUT2D eigenvalue weighted by Gasteiger charge is -2.25. The van der Waals surface area contributed by atoms with Crippen LogP contribution in [0.15, 0.2) is 12.2 Å². The highest BCUT2D eigenvalue weighted by Gasteiger charge is 2.44. The van der Waals surface area contributed by atoms with Gasteiger partial charge in [-0.25, -0.2) is 0 Å². The first-order valence-electron chi connectivity index (χ1n) is 8.05. The summed E-state index contributed by atoms with van der Waals surface area (Å²) < 4.78 is 19.7. The molecule has 8 heteroatoms. The minimum Gasteiger partial charge on any atom is -0.425 e. The topological polar surface area (TPSA) is 105 Å². The lowest BCUT2D eigenvalue weighted by atomic mass is 9.90. The van der Waals surface area contributed by atoms with Gasteiger partial charge in [-0.1, -0.05) is 26.0 Å². The van der Waals surface area contributed by atoms with E-state index >= 15 is 0 Å². The Bertz CT molecular complexity index is 485. The molecule has 0 aromatic heterocycles. The SMILES string of the molecule is CC=CC(C)(C(=O)OC(C)OC(=O)CC)C(=O)OC(C)OC(=O)CC. The van der Waals surface area contributed by atoms with Crippen LogP contribution in [0, 0.1) is 5.41 Å². The summed E-state index contributed by atoms with van der Waals surface area (Å²) >= 11 is 0. The Labute approximate surface area is 147 Å². The first kappa shape index (κ1) is 22.6. The first-order chi connectivity index (χ1) is 11.6. The zero-order chi connectivity index (χ0) is 19.6. The van der Waals surface area contributed by atoms with Gasteiger partial charge in [0.25, 0.3) is 0 Å². The third-order valence-electron chi connectivity index (χ3n) is 3.07. The molecule has 8 nitrogen and oxygen atoms in total. The summed E-state index contributed by atoms with van der Waals surface area (Å²) in [4.78, 5) is 47.2. The zero-order valence-corrected chi connectivity index (χ0v) is 15.5. The Balaban J connectivity index is 5.07. The summed E-state index contributed by atoms with van der Waals surface area (Å²) in [6.07, 6.45) is 0.696. The van der Waals surface area contributed by atoms with E-state index in [0.29, 0.717) is 0 Å². The molecular weight excluding hydrogens is 332 g/mol. The highest BCUT2D eigenvalue weighted by Crippen LogP contribution is 2.25. The van der Waals surface area contributed by atoms with Crippen LogP contribution < -0.4 is 0 Å². The fourth-order valence-electron chi connectivity index (χ4n) is 1.68. The molecule has 0 N–H and O–H groups in total. The van der Waals surface area contributed by atoms with Gasteiger partial charge in [0.2, 0.25) is 12.6 Å². The summed E-state index contributed by atoms with van der Waals surface area (Å²) in [6.45, 7) is 8.81. The maximum atomic E-state index is 12.4. The van der Waals surface area contributed by atoms with Gasteiger partial charge in [-0.2, -0.15) is 0 Å². The van der Waals surface area contributed by atoms with Crippen LogP contribution in [0.4, 0.5) is 0 Å². The second-order valence-corrected chi connectivity index (χ2v) is 5.34. The molecule has 0 bridgehead atoms. The Hall–Kier alpha value is -2.38. The Kier molecular flexibility index (Phi) is 9.48. The second-order valence-electron chi connectivity index (χ2n) is 5.34. The van der Waals surface area contributed by atoms with Crippen molar-refractivity contribution in [1.29, 1.82) is 0 Å². The fraction of sp³-hybridized carbons (Fsp3) is 0.647. The molecule has 25 heavy (non-hydrogen) atoms. The molecule has 0 saturated heterocycles. The van der Waals surface area contributed by atoms with Gasteiger partial charge in [0.15, 0.2) is 5.41 Å². The Morgan fingerprint density at radius 1 is 0.840 bits per heavy atom. The first-order valence-corrected chi connectivity index (χ1v) is 8.05. The van der Waals surface area contributed by atoms with Crippen molar-refractivity contribution >= 4 is 23.9 Å². The summed E-state index contributed by atoms with van der Waals surface area (Å²) in [6, 6.07) is 0. The van der Waals surface area contributed by atoms with Crippen LogP contribution in [-0.2, 0) is 38.1 Å². The van der Waals surface area contributed by atoms with Crippen LogP contribution >= 0.6 is 0 Å². The van der Waals surface area contributed by atoms with Crippen LogP contribution in [-0.4, -0.2) is 36.5 Å². The number of carbonyl (C=O) groups is 4. The molecule has 2 unspecified atom stereocenters. The lowest BCUT2D eigenvalue weighted by Crippen LogP contribution is -2.41. The predicted octanol–water partition coefficient (Wildman–Crippen LogP) is 2.25. The van der Waals surface area contributed by atoms with Gasteiger partial charge in [0, 0.05) is 26.7 Å². The van der Waals surface area contributed by atoms with E-state index in [9.17, 15) is 19.2 Å². The van der Waals surface area contributed by atoms with Crippen LogP contribution in [0.1, 0.15) is 54.4 Å². The number of hydrogen-bond acceptors (Lipinski definition) is 8. The van der Waals surface area contributed by atoms with E-state index in [1.165, 1.54) is 32.9 Å². The van der Waals surface area contributed by atoms with Gasteiger partial charge in [-0.3, -0.25) is 19.2 Å². The summed E-state index contributed by atoms with van der Waals surface area (Å²) in [5.41, 5.74) is -1.78. The van der Waals surface area contributed by atoms with Crippen molar-refractivity contribution in [3.63, 3.8) is 0 Å². The molecule has 0 aromatic rings. The molecule has 0 fully saturated rings.